The highest BCUT2D eigenvalue weighted by atomic mass is 16.4. The molecule has 0 spiro atoms. The molecule has 5 nitrogen and oxygen atoms in total. The van der Waals surface area contributed by atoms with Gasteiger partial charge in [0.1, 0.15) is 5.65 Å². The third-order valence-electron chi connectivity index (χ3n) is 4.98. The van der Waals surface area contributed by atoms with Gasteiger partial charge in [-0.05, 0) is 63.4 Å². The van der Waals surface area contributed by atoms with Crippen LogP contribution in [0, 0.1) is 6.92 Å². The normalized spacial score (nSPS) is 17.0. The maximum atomic E-state index is 11.6. The molecule has 0 aromatic carbocycles. The van der Waals surface area contributed by atoms with Crippen molar-refractivity contribution in [3.63, 3.8) is 0 Å². The number of likely N-dealkylation sites (tertiary alicyclic amines) is 1. The molecule has 2 aromatic heterocycles. The number of nitrogens with one attached hydrogen (secondary N) is 1. The lowest BCUT2D eigenvalue weighted by atomic mass is 9.87. The number of H-pyrrole nitrogens is 1. The molecule has 0 unspecified atom stereocenters. The van der Waals surface area contributed by atoms with Crippen LogP contribution in [0.4, 0.5) is 0 Å². The lowest BCUT2D eigenvalue weighted by molar-refractivity contribution is 0.0698. The summed E-state index contributed by atoms with van der Waals surface area (Å²) in [7, 11) is 0. The lowest BCUT2D eigenvalue weighted by Gasteiger charge is -2.32. The van der Waals surface area contributed by atoms with Crippen LogP contribution in [0.25, 0.3) is 11.0 Å². The van der Waals surface area contributed by atoms with E-state index in [0.29, 0.717) is 22.8 Å². The van der Waals surface area contributed by atoms with Gasteiger partial charge in [0.25, 0.3) is 0 Å². The minimum absolute atomic E-state index is 0.386. The molecule has 0 amide bonds. The molecule has 0 atom stereocenters. The van der Waals surface area contributed by atoms with Crippen molar-refractivity contribution in [1.82, 2.24) is 14.9 Å². The van der Waals surface area contributed by atoms with Gasteiger partial charge in [-0.2, -0.15) is 0 Å². The van der Waals surface area contributed by atoms with E-state index in [-0.39, 0.29) is 0 Å². The fraction of sp³-hybridized carbons (Fsp3) is 0.556. The summed E-state index contributed by atoms with van der Waals surface area (Å²) in [6.07, 6.45) is 6.46. The second kappa shape index (κ2) is 6.71. The van der Waals surface area contributed by atoms with E-state index in [2.05, 4.69) is 21.8 Å². The molecule has 1 aliphatic rings. The number of hydrogen-bond acceptors (Lipinski definition) is 3. The average molecular weight is 315 g/mol. The first-order chi connectivity index (χ1) is 11.1. The summed E-state index contributed by atoms with van der Waals surface area (Å²) in [5.74, 6) is -0.449. The number of carboxylic acids is 1. The standard InChI is InChI=1S/C18H25N3O2/c1-3-4-9-21-10-6-13(7-11-21)14-5-8-19-17-16(14)15(18(22)23)12(2)20-17/h5,8,13H,3-4,6-7,9-11H2,1-2H3,(H,19,20)(H,22,23). The van der Waals surface area contributed by atoms with Crippen molar-refractivity contribution in [2.24, 2.45) is 0 Å². The number of hydrogen-bond donors (Lipinski definition) is 2. The number of carbonyl (C=O) groups is 1. The molecule has 0 aliphatic carbocycles. The van der Waals surface area contributed by atoms with Gasteiger partial charge < -0.3 is 15.0 Å². The lowest BCUT2D eigenvalue weighted by Crippen LogP contribution is -2.33. The van der Waals surface area contributed by atoms with Crippen LogP contribution in [0.5, 0.6) is 0 Å². The molecule has 1 saturated heterocycles. The molecular weight excluding hydrogens is 290 g/mol. The summed E-state index contributed by atoms with van der Waals surface area (Å²) in [4.78, 5) is 21.6. The molecule has 2 aromatic rings. The first-order valence-electron chi connectivity index (χ1n) is 8.54. The Balaban J connectivity index is 1.88. The largest absolute Gasteiger partial charge is 0.478 e. The van der Waals surface area contributed by atoms with Gasteiger partial charge in [-0.15, -0.1) is 0 Å². The molecule has 1 fully saturated rings. The van der Waals surface area contributed by atoms with Crippen molar-refractivity contribution >= 4 is 17.0 Å². The predicted molar refractivity (Wildman–Crippen MR) is 91.1 cm³/mol. The van der Waals surface area contributed by atoms with E-state index in [4.69, 9.17) is 0 Å². The van der Waals surface area contributed by atoms with Gasteiger partial charge in [0, 0.05) is 17.3 Å². The summed E-state index contributed by atoms with van der Waals surface area (Å²) >= 11 is 0. The van der Waals surface area contributed by atoms with Crippen molar-refractivity contribution in [1.29, 1.82) is 0 Å². The number of unbranched alkanes of at least 4 members (excludes halogenated alkanes) is 1. The smallest absolute Gasteiger partial charge is 0.338 e. The molecule has 5 heteroatoms. The molecule has 124 valence electrons. The number of nitrogens with zero attached hydrogens (tertiary/aromatic N) is 2. The van der Waals surface area contributed by atoms with Crippen molar-refractivity contribution in [3.8, 4) is 0 Å². The van der Waals surface area contributed by atoms with Crippen molar-refractivity contribution in [2.45, 2.75) is 45.4 Å². The number of pyridine rings is 1. The third-order valence-corrected chi connectivity index (χ3v) is 4.98. The van der Waals surface area contributed by atoms with E-state index >= 15 is 0 Å². The topological polar surface area (TPSA) is 69.2 Å². The van der Waals surface area contributed by atoms with Crippen molar-refractivity contribution < 1.29 is 9.90 Å². The zero-order valence-corrected chi connectivity index (χ0v) is 13.9. The van der Waals surface area contributed by atoms with E-state index in [0.717, 1.165) is 36.9 Å². The highest BCUT2D eigenvalue weighted by Crippen LogP contribution is 2.35. The first-order valence-corrected chi connectivity index (χ1v) is 8.54. The summed E-state index contributed by atoms with van der Waals surface area (Å²) < 4.78 is 0. The average Bonchev–Trinajstić information content (AvgIpc) is 2.89. The summed E-state index contributed by atoms with van der Waals surface area (Å²) in [5, 5.41) is 10.4. The SMILES string of the molecule is CCCCN1CCC(c2ccnc3[nH]c(C)c(C(=O)O)c23)CC1. The Morgan fingerprint density at radius 1 is 1.43 bits per heavy atom. The molecular formula is C18H25N3O2. The van der Waals surface area contributed by atoms with Gasteiger partial charge in [0.15, 0.2) is 0 Å². The zero-order chi connectivity index (χ0) is 16.4. The van der Waals surface area contributed by atoms with E-state index in [9.17, 15) is 9.90 Å². The van der Waals surface area contributed by atoms with E-state index < -0.39 is 5.97 Å². The fourth-order valence-electron chi connectivity index (χ4n) is 3.72. The van der Waals surface area contributed by atoms with Crippen molar-refractivity contribution in [2.75, 3.05) is 19.6 Å². The fourth-order valence-corrected chi connectivity index (χ4v) is 3.72. The van der Waals surface area contributed by atoms with Crippen LogP contribution in [-0.2, 0) is 0 Å². The summed E-state index contributed by atoms with van der Waals surface area (Å²) in [5.41, 5.74) is 2.92. The molecule has 23 heavy (non-hydrogen) atoms. The van der Waals surface area contributed by atoms with Gasteiger partial charge in [-0.25, -0.2) is 9.78 Å². The van der Waals surface area contributed by atoms with Gasteiger partial charge >= 0.3 is 5.97 Å². The number of aromatic amines is 1. The maximum absolute atomic E-state index is 11.6. The highest BCUT2D eigenvalue weighted by Gasteiger charge is 2.26. The second-order valence-corrected chi connectivity index (χ2v) is 6.52. The Hall–Kier alpha value is -1.88. The monoisotopic (exact) mass is 315 g/mol. The number of fused-ring (bicyclic) bond motifs is 1. The van der Waals surface area contributed by atoms with Gasteiger partial charge in [-0.1, -0.05) is 13.3 Å². The number of carboxylic acid groups (broad SMARTS) is 1. The Morgan fingerprint density at radius 2 is 2.17 bits per heavy atom. The maximum Gasteiger partial charge on any atom is 0.338 e. The Bertz CT molecular complexity index is 700. The molecule has 0 bridgehead atoms. The molecule has 1 aliphatic heterocycles. The van der Waals surface area contributed by atoms with Crippen molar-refractivity contribution in [3.05, 3.63) is 29.1 Å². The van der Waals surface area contributed by atoms with Gasteiger partial charge in [0.05, 0.1) is 5.56 Å². The summed E-state index contributed by atoms with van der Waals surface area (Å²) in [6.45, 7) is 7.41. The first kappa shape index (κ1) is 16.0. The van der Waals surface area contributed by atoms with Crippen LogP contribution in [0.2, 0.25) is 0 Å². The predicted octanol–water partition coefficient (Wildman–Crippen LogP) is 3.55. The van der Waals surface area contributed by atoms with E-state index in [1.54, 1.807) is 6.20 Å². The van der Waals surface area contributed by atoms with Crippen LogP contribution < -0.4 is 0 Å². The number of aryl methyl sites for hydroxylation is 1. The van der Waals surface area contributed by atoms with Crippen LogP contribution >= 0.6 is 0 Å². The van der Waals surface area contributed by atoms with Crippen LogP contribution in [0.15, 0.2) is 12.3 Å². The number of aromatic carboxylic acids is 1. The van der Waals surface area contributed by atoms with E-state index in [1.165, 1.54) is 19.4 Å². The quantitative estimate of drug-likeness (QED) is 0.885. The molecule has 3 rings (SSSR count). The second-order valence-electron chi connectivity index (χ2n) is 6.52. The van der Waals surface area contributed by atoms with Crippen LogP contribution in [0.1, 0.15) is 60.1 Å². The number of piperidine rings is 1. The molecule has 2 N–H and O–H groups in total. The third kappa shape index (κ3) is 3.11. The molecule has 0 radical (unpaired) electrons. The number of rotatable bonds is 5. The zero-order valence-electron chi connectivity index (χ0n) is 13.9. The Morgan fingerprint density at radius 3 is 2.83 bits per heavy atom. The van der Waals surface area contributed by atoms with Gasteiger partial charge in [-0.3, -0.25) is 0 Å². The highest BCUT2D eigenvalue weighted by molar-refractivity contribution is 6.05. The number of aromatic nitrogens is 2. The molecule has 3 heterocycles. The minimum Gasteiger partial charge on any atom is -0.478 e. The summed E-state index contributed by atoms with van der Waals surface area (Å²) in [6, 6.07) is 2.01. The minimum atomic E-state index is -0.872. The van der Waals surface area contributed by atoms with Crippen LogP contribution in [-0.4, -0.2) is 45.6 Å². The van der Waals surface area contributed by atoms with Crippen LogP contribution in [0.3, 0.4) is 0 Å². The Kier molecular flexibility index (Phi) is 4.66. The molecule has 0 saturated carbocycles. The Labute approximate surface area is 136 Å². The van der Waals surface area contributed by atoms with E-state index in [1.807, 2.05) is 13.0 Å². The van der Waals surface area contributed by atoms with Gasteiger partial charge in [0.2, 0.25) is 0 Å².